The predicted molar refractivity (Wildman–Crippen MR) is 97.8 cm³/mol. The molecule has 0 N–H and O–H groups in total. The quantitative estimate of drug-likeness (QED) is 0.753. The van der Waals surface area contributed by atoms with Crippen LogP contribution in [0.25, 0.3) is 0 Å². The Morgan fingerprint density at radius 3 is 2.32 bits per heavy atom. The van der Waals surface area contributed by atoms with Gasteiger partial charge in [0.05, 0.1) is 0 Å². The summed E-state index contributed by atoms with van der Waals surface area (Å²) in [5.41, 5.74) is 0.760. The Kier molecular flexibility index (Phi) is 7.04. The van der Waals surface area contributed by atoms with E-state index in [1.807, 2.05) is 0 Å². The SMILES string of the molecule is CN(C)CCCN1CCC2(CC[C@H]3CCCC[C@@H]3C2)CC1.Cl. The minimum absolute atomic E-state index is 0. The van der Waals surface area contributed by atoms with Crippen LogP contribution in [0.5, 0.6) is 0 Å². The first-order valence-electron chi connectivity index (χ1n) is 9.54. The highest BCUT2D eigenvalue weighted by Crippen LogP contribution is 2.52. The van der Waals surface area contributed by atoms with Crippen molar-refractivity contribution in [3.05, 3.63) is 0 Å². The van der Waals surface area contributed by atoms with Crippen molar-refractivity contribution >= 4 is 12.4 Å². The second kappa shape index (κ2) is 8.35. The van der Waals surface area contributed by atoms with Crippen LogP contribution < -0.4 is 0 Å². The number of fused-ring (bicyclic) bond motifs is 1. The maximum atomic E-state index is 2.74. The summed E-state index contributed by atoms with van der Waals surface area (Å²) in [6.45, 7) is 5.32. The lowest BCUT2D eigenvalue weighted by Crippen LogP contribution is -2.45. The average Bonchev–Trinajstić information content (AvgIpc) is 2.49. The minimum atomic E-state index is 0. The monoisotopic (exact) mass is 328 g/mol. The molecule has 2 atom stereocenters. The molecule has 3 heteroatoms. The topological polar surface area (TPSA) is 6.48 Å². The molecule has 1 heterocycles. The predicted octanol–water partition coefficient (Wildman–Crippen LogP) is 4.43. The molecule has 3 aliphatic rings. The Morgan fingerprint density at radius 2 is 1.64 bits per heavy atom. The summed E-state index contributed by atoms with van der Waals surface area (Å²) < 4.78 is 0. The van der Waals surface area contributed by atoms with Gasteiger partial charge in [-0.15, -0.1) is 12.4 Å². The number of halogens is 1. The number of hydrogen-bond donors (Lipinski definition) is 0. The fourth-order valence-corrected chi connectivity index (χ4v) is 5.40. The van der Waals surface area contributed by atoms with Crippen molar-refractivity contribution in [1.29, 1.82) is 0 Å². The normalized spacial score (nSPS) is 31.8. The zero-order valence-electron chi connectivity index (χ0n) is 14.9. The first-order valence-corrected chi connectivity index (χ1v) is 9.54. The molecule has 1 saturated heterocycles. The van der Waals surface area contributed by atoms with Crippen molar-refractivity contribution in [2.45, 2.75) is 64.2 Å². The summed E-state index contributed by atoms with van der Waals surface area (Å²) in [6.07, 6.45) is 15.2. The van der Waals surface area contributed by atoms with E-state index < -0.39 is 0 Å². The van der Waals surface area contributed by atoms with E-state index in [-0.39, 0.29) is 12.4 Å². The van der Waals surface area contributed by atoms with E-state index in [4.69, 9.17) is 0 Å². The number of nitrogens with zero attached hydrogens (tertiary/aromatic N) is 2. The highest BCUT2D eigenvalue weighted by molar-refractivity contribution is 5.85. The first kappa shape index (κ1) is 18.5. The number of rotatable bonds is 4. The van der Waals surface area contributed by atoms with E-state index in [0.717, 1.165) is 17.3 Å². The Labute approximate surface area is 144 Å². The van der Waals surface area contributed by atoms with Gasteiger partial charge in [-0.1, -0.05) is 25.7 Å². The standard InChI is InChI=1S/C19H36N2.ClH/c1-20(2)12-5-13-21-14-10-19(11-15-21)9-8-17-6-3-4-7-18(17)16-19;/h17-18H,3-16H2,1-2H3;1H/t17-,18-;/m1./s1. The molecule has 0 aromatic heterocycles. The van der Waals surface area contributed by atoms with Gasteiger partial charge in [0.15, 0.2) is 0 Å². The van der Waals surface area contributed by atoms with Crippen molar-refractivity contribution in [1.82, 2.24) is 9.80 Å². The van der Waals surface area contributed by atoms with Gasteiger partial charge in [-0.05, 0) is 96.1 Å². The van der Waals surface area contributed by atoms with Gasteiger partial charge in [-0.25, -0.2) is 0 Å². The van der Waals surface area contributed by atoms with Crippen molar-refractivity contribution in [2.75, 3.05) is 40.3 Å². The van der Waals surface area contributed by atoms with Crippen molar-refractivity contribution in [3.8, 4) is 0 Å². The minimum Gasteiger partial charge on any atom is -0.309 e. The van der Waals surface area contributed by atoms with Crippen molar-refractivity contribution in [3.63, 3.8) is 0 Å². The van der Waals surface area contributed by atoms with Crippen LogP contribution in [-0.2, 0) is 0 Å². The molecule has 0 aromatic carbocycles. The van der Waals surface area contributed by atoms with E-state index >= 15 is 0 Å². The molecule has 3 fully saturated rings. The van der Waals surface area contributed by atoms with Crippen LogP contribution in [-0.4, -0.2) is 50.1 Å². The molecule has 2 nitrogen and oxygen atoms in total. The largest absolute Gasteiger partial charge is 0.309 e. The lowest BCUT2D eigenvalue weighted by Gasteiger charge is -2.50. The highest BCUT2D eigenvalue weighted by Gasteiger charge is 2.42. The molecule has 2 saturated carbocycles. The Bertz CT molecular complexity index is 323. The maximum Gasteiger partial charge on any atom is -0.000654 e. The van der Waals surface area contributed by atoms with Crippen LogP contribution in [0, 0.1) is 17.3 Å². The zero-order valence-corrected chi connectivity index (χ0v) is 15.7. The molecule has 0 bridgehead atoms. The second-order valence-corrected chi connectivity index (χ2v) is 8.55. The summed E-state index contributed by atoms with van der Waals surface area (Å²) >= 11 is 0. The van der Waals surface area contributed by atoms with Gasteiger partial charge >= 0.3 is 0 Å². The number of piperidine rings is 1. The average molecular weight is 329 g/mol. The third-order valence-electron chi connectivity index (χ3n) is 6.80. The van der Waals surface area contributed by atoms with Crippen molar-refractivity contribution in [2.24, 2.45) is 17.3 Å². The van der Waals surface area contributed by atoms with Gasteiger partial charge in [0, 0.05) is 0 Å². The molecule has 1 aliphatic heterocycles. The second-order valence-electron chi connectivity index (χ2n) is 8.55. The molecule has 3 rings (SSSR count). The molecule has 1 spiro atoms. The molecule has 0 amide bonds. The van der Waals surface area contributed by atoms with E-state index in [0.29, 0.717) is 0 Å². The van der Waals surface area contributed by atoms with Crippen LogP contribution in [0.15, 0.2) is 0 Å². The molecular weight excluding hydrogens is 292 g/mol. The molecule has 0 unspecified atom stereocenters. The van der Waals surface area contributed by atoms with Crippen LogP contribution in [0.1, 0.15) is 64.2 Å². The summed E-state index contributed by atoms with van der Waals surface area (Å²) in [5.74, 6) is 2.22. The van der Waals surface area contributed by atoms with Gasteiger partial charge in [0.2, 0.25) is 0 Å². The summed E-state index contributed by atoms with van der Waals surface area (Å²) in [5, 5.41) is 0. The Balaban J connectivity index is 0.00000176. The van der Waals surface area contributed by atoms with E-state index in [1.165, 1.54) is 58.3 Å². The molecule has 22 heavy (non-hydrogen) atoms. The Morgan fingerprint density at radius 1 is 0.955 bits per heavy atom. The van der Waals surface area contributed by atoms with Gasteiger partial charge in [0.1, 0.15) is 0 Å². The fraction of sp³-hybridized carbons (Fsp3) is 1.00. The summed E-state index contributed by atoms with van der Waals surface area (Å²) in [4.78, 5) is 5.05. The van der Waals surface area contributed by atoms with E-state index in [9.17, 15) is 0 Å². The molecular formula is C19H37ClN2. The van der Waals surface area contributed by atoms with Crippen molar-refractivity contribution < 1.29 is 0 Å². The molecule has 0 radical (unpaired) electrons. The third kappa shape index (κ3) is 4.61. The van der Waals surface area contributed by atoms with Gasteiger partial charge in [-0.2, -0.15) is 0 Å². The summed E-state index contributed by atoms with van der Waals surface area (Å²) in [7, 11) is 4.38. The van der Waals surface area contributed by atoms with E-state index in [2.05, 4.69) is 23.9 Å². The molecule has 0 aromatic rings. The summed E-state index contributed by atoms with van der Waals surface area (Å²) in [6, 6.07) is 0. The van der Waals surface area contributed by atoms with Crippen LogP contribution in [0.2, 0.25) is 0 Å². The zero-order chi connectivity index (χ0) is 14.7. The number of likely N-dealkylation sites (tertiary alicyclic amines) is 1. The maximum absolute atomic E-state index is 2.74. The lowest BCUT2D eigenvalue weighted by molar-refractivity contribution is 0.00590. The highest BCUT2D eigenvalue weighted by atomic mass is 35.5. The molecule has 2 aliphatic carbocycles. The Hall–Kier alpha value is 0.210. The van der Waals surface area contributed by atoms with Crippen LogP contribution in [0.3, 0.4) is 0 Å². The smallest absolute Gasteiger partial charge is 0.000654 e. The number of hydrogen-bond acceptors (Lipinski definition) is 2. The first-order chi connectivity index (χ1) is 10.2. The fourth-order valence-electron chi connectivity index (χ4n) is 5.40. The van der Waals surface area contributed by atoms with E-state index in [1.54, 1.807) is 32.1 Å². The van der Waals surface area contributed by atoms with Gasteiger partial charge in [-0.3, -0.25) is 0 Å². The molecule has 130 valence electrons. The van der Waals surface area contributed by atoms with Gasteiger partial charge in [0.25, 0.3) is 0 Å². The third-order valence-corrected chi connectivity index (χ3v) is 6.80. The van der Waals surface area contributed by atoms with Crippen LogP contribution >= 0.6 is 12.4 Å². The van der Waals surface area contributed by atoms with Crippen LogP contribution in [0.4, 0.5) is 0 Å². The van der Waals surface area contributed by atoms with Gasteiger partial charge < -0.3 is 9.80 Å². The lowest BCUT2D eigenvalue weighted by atomic mass is 9.58.